The first kappa shape index (κ1) is 17.0. The Bertz CT molecular complexity index is 765. The molecular weight excluding hydrogens is 336 g/mol. The van der Waals surface area contributed by atoms with Crippen molar-refractivity contribution in [2.45, 2.75) is 17.9 Å². The molecular formula is C15H20N2O6S. The molecule has 1 aromatic rings. The lowest BCUT2D eigenvalue weighted by molar-refractivity contribution is -0.142. The zero-order valence-corrected chi connectivity index (χ0v) is 14.3. The van der Waals surface area contributed by atoms with Crippen LogP contribution in [0, 0.1) is 17.8 Å². The number of rotatable bonds is 5. The molecule has 1 aliphatic carbocycles. The molecule has 8 nitrogen and oxygen atoms in total. The number of furan rings is 1. The first-order valence-electron chi connectivity index (χ1n) is 7.75. The van der Waals surface area contributed by atoms with Crippen molar-refractivity contribution in [2.75, 3.05) is 27.2 Å². The number of aliphatic carboxylic acids is 1. The summed E-state index contributed by atoms with van der Waals surface area (Å²) in [7, 11) is -1.00. The van der Waals surface area contributed by atoms with Gasteiger partial charge in [-0.3, -0.25) is 9.59 Å². The number of likely N-dealkylation sites (tertiary alicyclic amines) is 1. The number of hydrogen-bond acceptors (Lipinski definition) is 5. The van der Waals surface area contributed by atoms with Gasteiger partial charge in [0.05, 0.1) is 11.5 Å². The zero-order valence-electron chi connectivity index (χ0n) is 13.5. The second-order valence-electron chi connectivity index (χ2n) is 6.60. The van der Waals surface area contributed by atoms with E-state index in [9.17, 15) is 23.1 Å². The Balaban J connectivity index is 1.78. The summed E-state index contributed by atoms with van der Waals surface area (Å²) < 4.78 is 30.1. The number of carboxylic acids is 1. The van der Waals surface area contributed by atoms with Gasteiger partial charge in [-0.25, -0.2) is 12.7 Å². The van der Waals surface area contributed by atoms with Gasteiger partial charge in [0, 0.05) is 33.3 Å². The third-order valence-corrected chi connectivity index (χ3v) is 6.44. The van der Waals surface area contributed by atoms with E-state index in [0.717, 1.165) is 23.4 Å². The van der Waals surface area contributed by atoms with Crippen molar-refractivity contribution >= 4 is 21.9 Å². The van der Waals surface area contributed by atoms with Gasteiger partial charge in [0.2, 0.25) is 5.09 Å². The number of carboxylic acid groups (broad SMARTS) is 1. The van der Waals surface area contributed by atoms with E-state index in [1.165, 1.54) is 25.1 Å². The molecule has 2 fully saturated rings. The molecule has 1 saturated heterocycles. The van der Waals surface area contributed by atoms with Crippen molar-refractivity contribution in [3.05, 3.63) is 17.9 Å². The predicted molar refractivity (Wildman–Crippen MR) is 82.8 cm³/mol. The first-order chi connectivity index (χ1) is 11.2. The van der Waals surface area contributed by atoms with Crippen LogP contribution in [0.15, 0.2) is 21.8 Å². The van der Waals surface area contributed by atoms with E-state index in [4.69, 9.17) is 4.42 Å². The quantitative estimate of drug-likeness (QED) is 0.832. The highest BCUT2D eigenvalue weighted by Crippen LogP contribution is 2.44. The van der Waals surface area contributed by atoms with E-state index in [2.05, 4.69) is 0 Å². The molecule has 24 heavy (non-hydrogen) atoms. The van der Waals surface area contributed by atoms with Gasteiger partial charge in [-0.05, 0) is 24.7 Å². The molecule has 2 aliphatic rings. The maximum Gasteiger partial charge on any atom is 0.308 e. The van der Waals surface area contributed by atoms with Gasteiger partial charge in [0.15, 0.2) is 0 Å². The Morgan fingerprint density at radius 1 is 1.29 bits per heavy atom. The average molecular weight is 356 g/mol. The Kier molecular flexibility index (Phi) is 4.16. The fourth-order valence-electron chi connectivity index (χ4n) is 3.18. The topological polar surface area (TPSA) is 108 Å². The van der Waals surface area contributed by atoms with Gasteiger partial charge >= 0.3 is 5.97 Å². The predicted octanol–water partition coefficient (Wildman–Crippen LogP) is 0.713. The maximum absolute atomic E-state index is 12.6. The van der Waals surface area contributed by atoms with E-state index in [1.54, 1.807) is 0 Å². The van der Waals surface area contributed by atoms with Gasteiger partial charge in [-0.15, -0.1) is 0 Å². The van der Waals surface area contributed by atoms with Crippen molar-refractivity contribution in [3.8, 4) is 0 Å². The standard InChI is InChI=1S/C15H20N2O6S/c1-16(2)24(21,22)13-5-10(8-23-13)14(18)17-6-11(9-3-4-9)12(7-17)15(19)20/h5,8-9,11-12H,3-4,6-7H2,1-2H3,(H,19,20)/t11-,12+/m1/s1. The highest BCUT2D eigenvalue weighted by Gasteiger charge is 2.47. The lowest BCUT2D eigenvalue weighted by atomic mass is 9.92. The highest BCUT2D eigenvalue weighted by atomic mass is 32.2. The summed E-state index contributed by atoms with van der Waals surface area (Å²) in [5.41, 5.74) is 0.121. The summed E-state index contributed by atoms with van der Waals surface area (Å²) in [4.78, 5) is 25.5. The van der Waals surface area contributed by atoms with Crippen LogP contribution in [0.4, 0.5) is 0 Å². The molecule has 1 N–H and O–H groups in total. The molecule has 1 amide bonds. The van der Waals surface area contributed by atoms with E-state index >= 15 is 0 Å². The van der Waals surface area contributed by atoms with E-state index in [-0.39, 0.29) is 23.1 Å². The number of hydrogen-bond donors (Lipinski definition) is 1. The second kappa shape index (κ2) is 5.89. The van der Waals surface area contributed by atoms with Crippen LogP contribution in [0.3, 0.4) is 0 Å². The molecule has 2 atom stereocenters. The molecule has 0 radical (unpaired) electrons. The fourth-order valence-corrected chi connectivity index (χ4v) is 3.99. The van der Waals surface area contributed by atoms with Crippen LogP contribution in [0.25, 0.3) is 0 Å². The van der Waals surface area contributed by atoms with Crippen molar-refractivity contribution in [1.29, 1.82) is 0 Å². The summed E-state index contributed by atoms with van der Waals surface area (Å²) in [5.74, 6) is -1.49. The van der Waals surface area contributed by atoms with Gasteiger partial charge < -0.3 is 14.4 Å². The summed E-state index contributed by atoms with van der Waals surface area (Å²) in [6, 6.07) is 1.19. The lowest BCUT2D eigenvalue weighted by Crippen LogP contribution is -2.29. The maximum atomic E-state index is 12.6. The number of carbonyl (C=O) groups is 2. The fraction of sp³-hybridized carbons (Fsp3) is 0.600. The van der Waals surface area contributed by atoms with Crippen LogP contribution in [-0.2, 0) is 14.8 Å². The Morgan fingerprint density at radius 2 is 1.96 bits per heavy atom. The van der Waals surface area contributed by atoms with Crippen molar-refractivity contribution < 1.29 is 27.5 Å². The smallest absolute Gasteiger partial charge is 0.308 e. The normalized spacial score (nSPS) is 24.5. The molecule has 0 aromatic carbocycles. The summed E-state index contributed by atoms with van der Waals surface area (Å²) in [6.07, 6.45) is 3.12. The van der Waals surface area contributed by atoms with Crippen LogP contribution in [-0.4, -0.2) is 61.8 Å². The lowest BCUT2D eigenvalue weighted by Gasteiger charge is -2.14. The van der Waals surface area contributed by atoms with E-state index < -0.39 is 27.8 Å². The molecule has 2 heterocycles. The van der Waals surface area contributed by atoms with Crippen molar-refractivity contribution in [2.24, 2.45) is 17.8 Å². The molecule has 0 bridgehead atoms. The largest absolute Gasteiger partial charge is 0.481 e. The number of carbonyl (C=O) groups excluding carboxylic acids is 1. The number of nitrogens with zero attached hydrogens (tertiary/aromatic N) is 2. The Morgan fingerprint density at radius 3 is 2.50 bits per heavy atom. The zero-order chi connectivity index (χ0) is 17.6. The van der Waals surface area contributed by atoms with Crippen LogP contribution < -0.4 is 0 Å². The Labute approximate surface area is 140 Å². The monoisotopic (exact) mass is 356 g/mol. The number of amides is 1. The second-order valence-corrected chi connectivity index (χ2v) is 8.68. The van der Waals surface area contributed by atoms with Crippen molar-refractivity contribution in [3.63, 3.8) is 0 Å². The van der Waals surface area contributed by atoms with Crippen molar-refractivity contribution in [1.82, 2.24) is 9.21 Å². The summed E-state index contributed by atoms with van der Waals surface area (Å²) in [5, 5.41) is 9.06. The molecule has 9 heteroatoms. The minimum atomic E-state index is -3.75. The Hall–Kier alpha value is -1.87. The molecule has 1 saturated carbocycles. The van der Waals surface area contributed by atoms with Gasteiger partial charge in [0.1, 0.15) is 6.26 Å². The molecule has 3 rings (SSSR count). The molecule has 0 unspecified atom stereocenters. The minimum absolute atomic E-state index is 0.0247. The molecule has 132 valence electrons. The van der Waals surface area contributed by atoms with Crippen LogP contribution in [0.1, 0.15) is 23.2 Å². The number of sulfonamides is 1. The minimum Gasteiger partial charge on any atom is -0.481 e. The van der Waals surface area contributed by atoms with Gasteiger partial charge in [0.25, 0.3) is 15.9 Å². The molecule has 0 spiro atoms. The third kappa shape index (κ3) is 2.93. The van der Waals surface area contributed by atoms with Crippen LogP contribution in [0.5, 0.6) is 0 Å². The van der Waals surface area contributed by atoms with Crippen LogP contribution in [0.2, 0.25) is 0 Å². The average Bonchev–Trinajstić information content (AvgIpc) is 3.07. The molecule has 1 aromatic heterocycles. The SMILES string of the molecule is CN(C)S(=O)(=O)c1cc(C(=O)N2C[C@H](C(=O)O)[C@@H](C3CC3)C2)co1. The summed E-state index contributed by atoms with van der Waals surface area (Å²) in [6.45, 7) is 0.539. The van der Waals surface area contributed by atoms with E-state index in [1.807, 2.05) is 0 Å². The van der Waals surface area contributed by atoms with Gasteiger partial charge in [-0.1, -0.05) is 0 Å². The molecule has 1 aliphatic heterocycles. The van der Waals surface area contributed by atoms with Crippen LogP contribution >= 0.6 is 0 Å². The highest BCUT2D eigenvalue weighted by molar-refractivity contribution is 7.88. The van der Waals surface area contributed by atoms with E-state index in [0.29, 0.717) is 12.5 Å². The third-order valence-electron chi connectivity index (χ3n) is 4.75. The first-order valence-corrected chi connectivity index (χ1v) is 9.19. The van der Waals surface area contributed by atoms with Gasteiger partial charge in [-0.2, -0.15) is 0 Å². The summed E-state index contributed by atoms with van der Waals surface area (Å²) >= 11 is 0.